The Balaban J connectivity index is 2.22. The maximum atomic E-state index is 12.5. The summed E-state index contributed by atoms with van der Waals surface area (Å²) in [6.45, 7) is 0.509. The third-order valence-electron chi connectivity index (χ3n) is 2.48. The molecular formula is C11H10F3NO3. The molecule has 1 fully saturated rings. The van der Waals surface area contributed by atoms with Gasteiger partial charge in [0.15, 0.2) is 0 Å². The van der Waals surface area contributed by atoms with Gasteiger partial charge in [0, 0.05) is 5.69 Å². The number of hydrogen-bond donors (Lipinski definition) is 1. The first kappa shape index (κ1) is 12.7. The SMILES string of the molecule is Nc1ccc(C(F)(F)F)cc1C(=O)OC1COC1. The molecular weight excluding hydrogens is 251 g/mol. The lowest BCUT2D eigenvalue weighted by molar-refractivity contribution is -0.137. The van der Waals surface area contributed by atoms with E-state index in [9.17, 15) is 18.0 Å². The molecule has 1 aromatic carbocycles. The highest BCUT2D eigenvalue weighted by Gasteiger charge is 2.32. The van der Waals surface area contributed by atoms with Crippen LogP contribution in [0.5, 0.6) is 0 Å². The molecule has 0 unspecified atom stereocenters. The fraction of sp³-hybridized carbons (Fsp3) is 0.364. The molecule has 0 bridgehead atoms. The van der Waals surface area contributed by atoms with Crippen LogP contribution in [0.1, 0.15) is 15.9 Å². The largest absolute Gasteiger partial charge is 0.454 e. The van der Waals surface area contributed by atoms with E-state index in [1.54, 1.807) is 0 Å². The molecule has 98 valence electrons. The Bertz CT molecular complexity index is 469. The van der Waals surface area contributed by atoms with Gasteiger partial charge < -0.3 is 15.2 Å². The Kier molecular flexibility index (Phi) is 3.16. The third-order valence-corrected chi connectivity index (χ3v) is 2.48. The Labute approximate surface area is 100 Å². The van der Waals surface area contributed by atoms with Crippen LogP contribution in [-0.4, -0.2) is 25.3 Å². The van der Waals surface area contributed by atoms with E-state index in [1.807, 2.05) is 0 Å². The van der Waals surface area contributed by atoms with Gasteiger partial charge in [-0.2, -0.15) is 13.2 Å². The van der Waals surface area contributed by atoms with E-state index >= 15 is 0 Å². The van der Waals surface area contributed by atoms with Crippen LogP contribution in [0.15, 0.2) is 18.2 Å². The van der Waals surface area contributed by atoms with E-state index in [-0.39, 0.29) is 24.5 Å². The number of halogens is 3. The van der Waals surface area contributed by atoms with Crippen molar-refractivity contribution in [1.29, 1.82) is 0 Å². The van der Waals surface area contributed by atoms with E-state index in [2.05, 4.69) is 0 Å². The smallest absolute Gasteiger partial charge is 0.416 e. The van der Waals surface area contributed by atoms with Gasteiger partial charge in [-0.15, -0.1) is 0 Å². The van der Waals surface area contributed by atoms with Crippen molar-refractivity contribution in [3.05, 3.63) is 29.3 Å². The molecule has 0 aliphatic carbocycles. The number of hydrogen-bond acceptors (Lipinski definition) is 4. The highest BCUT2D eigenvalue weighted by atomic mass is 19.4. The lowest BCUT2D eigenvalue weighted by Crippen LogP contribution is -2.38. The predicted octanol–water partition coefficient (Wildman–Crippen LogP) is 1.84. The van der Waals surface area contributed by atoms with Crippen LogP contribution < -0.4 is 5.73 Å². The van der Waals surface area contributed by atoms with Crippen molar-refractivity contribution < 1.29 is 27.4 Å². The Morgan fingerprint density at radius 3 is 2.56 bits per heavy atom. The Hall–Kier alpha value is -1.76. The van der Waals surface area contributed by atoms with E-state index < -0.39 is 23.8 Å². The van der Waals surface area contributed by atoms with Crippen LogP contribution >= 0.6 is 0 Å². The number of anilines is 1. The molecule has 1 aliphatic rings. The zero-order valence-corrected chi connectivity index (χ0v) is 9.16. The van der Waals surface area contributed by atoms with Crippen molar-refractivity contribution in [3.63, 3.8) is 0 Å². The van der Waals surface area contributed by atoms with Gasteiger partial charge in [0.05, 0.1) is 24.3 Å². The molecule has 4 nitrogen and oxygen atoms in total. The van der Waals surface area contributed by atoms with E-state index in [1.165, 1.54) is 0 Å². The molecule has 18 heavy (non-hydrogen) atoms. The zero-order chi connectivity index (χ0) is 13.3. The minimum Gasteiger partial charge on any atom is -0.454 e. The highest BCUT2D eigenvalue weighted by Crippen LogP contribution is 2.31. The first-order valence-corrected chi connectivity index (χ1v) is 5.13. The second kappa shape index (κ2) is 4.49. The number of rotatable bonds is 2. The number of nitrogens with two attached hydrogens (primary N) is 1. The first-order valence-electron chi connectivity index (χ1n) is 5.13. The number of nitrogen functional groups attached to an aromatic ring is 1. The number of benzene rings is 1. The monoisotopic (exact) mass is 261 g/mol. The molecule has 1 aromatic rings. The summed E-state index contributed by atoms with van der Waals surface area (Å²) in [5.41, 5.74) is 4.20. The average molecular weight is 261 g/mol. The summed E-state index contributed by atoms with van der Waals surface area (Å²) in [5, 5.41) is 0. The standard InChI is InChI=1S/C11H10F3NO3/c12-11(13,14)6-1-2-9(15)8(3-6)10(16)18-7-4-17-5-7/h1-3,7H,4-5,15H2. The third kappa shape index (κ3) is 2.56. The number of ether oxygens (including phenoxy) is 2. The van der Waals surface area contributed by atoms with Crippen molar-refractivity contribution in [3.8, 4) is 0 Å². The summed E-state index contributed by atoms with van der Waals surface area (Å²) >= 11 is 0. The van der Waals surface area contributed by atoms with Crippen LogP contribution in [0.4, 0.5) is 18.9 Å². The maximum absolute atomic E-state index is 12.5. The summed E-state index contributed by atoms with van der Waals surface area (Å²) in [6.07, 6.45) is -4.94. The van der Waals surface area contributed by atoms with Gasteiger partial charge in [-0.1, -0.05) is 0 Å². The summed E-state index contributed by atoms with van der Waals surface area (Å²) in [4.78, 5) is 11.6. The molecule has 0 spiro atoms. The molecule has 7 heteroatoms. The van der Waals surface area contributed by atoms with Gasteiger partial charge in [0.2, 0.25) is 0 Å². The van der Waals surface area contributed by atoms with Crippen LogP contribution in [-0.2, 0) is 15.7 Å². The van der Waals surface area contributed by atoms with Gasteiger partial charge in [0.25, 0.3) is 0 Å². The van der Waals surface area contributed by atoms with Crippen LogP contribution in [0.2, 0.25) is 0 Å². The summed E-state index contributed by atoms with van der Waals surface area (Å²) in [6, 6.07) is 2.55. The van der Waals surface area contributed by atoms with Crippen molar-refractivity contribution in [2.45, 2.75) is 12.3 Å². The normalized spacial score (nSPS) is 16.2. The topological polar surface area (TPSA) is 61.6 Å². The summed E-state index contributed by atoms with van der Waals surface area (Å²) < 4.78 is 47.2. The minimum absolute atomic E-state index is 0.0479. The minimum atomic E-state index is -4.53. The van der Waals surface area contributed by atoms with Gasteiger partial charge in [-0.25, -0.2) is 4.79 Å². The van der Waals surface area contributed by atoms with Crippen LogP contribution in [0, 0.1) is 0 Å². The molecule has 0 aromatic heterocycles. The van der Waals surface area contributed by atoms with Crippen LogP contribution in [0.3, 0.4) is 0 Å². The van der Waals surface area contributed by atoms with Gasteiger partial charge >= 0.3 is 12.1 Å². The Morgan fingerprint density at radius 1 is 1.39 bits per heavy atom. The quantitative estimate of drug-likeness (QED) is 0.651. The van der Waals surface area contributed by atoms with Gasteiger partial charge in [0.1, 0.15) is 6.10 Å². The van der Waals surface area contributed by atoms with Crippen molar-refractivity contribution in [2.75, 3.05) is 18.9 Å². The van der Waals surface area contributed by atoms with Crippen molar-refractivity contribution >= 4 is 11.7 Å². The highest BCUT2D eigenvalue weighted by molar-refractivity contribution is 5.95. The zero-order valence-electron chi connectivity index (χ0n) is 9.16. The average Bonchev–Trinajstić information content (AvgIpc) is 2.22. The van der Waals surface area contributed by atoms with Crippen LogP contribution in [0.25, 0.3) is 0 Å². The molecule has 2 rings (SSSR count). The fourth-order valence-electron chi connectivity index (χ4n) is 1.41. The Morgan fingerprint density at radius 2 is 2.06 bits per heavy atom. The van der Waals surface area contributed by atoms with Gasteiger partial charge in [-0.05, 0) is 18.2 Å². The molecule has 1 aliphatic heterocycles. The lowest BCUT2D eigenvalue weighted by atomic mass is 10.1. The van der Waals surface area contributed by atoms with Crippen molar-refractivity contribution in [1.82, 2.24) is 0 Å². The molecule has 1 heterocycles. The van der Waals surface area contributed by atoms with E-state index in [4.69, 9.17) is 15.2 Å². The number of alkyl halides is 3. The summed E-state index contributed by atoms with van der Waals surface area (Å²) in [7, 11) is 0. The summed E-state index contributed by atoms with van der Waals surface area (Å²) in [5.74, 6) is -0.869. The lowest BCUT2D eigenvalue weighted by Gasteiger charge is -2.25. The second-order valence-corrected chi connectivity index (χ2v) is 3.86. The fourth-order valence-corrected chi connectivity index (χ4v) is 1.41. The maximum Gasteiger partial charge on any atom is 0.416 e. The first-order chi connectivity index (χ1) is 8.38. The molecule has 0 radical (unpaired) electrons. The molecule has 2 N–H and O–H groups in total. The predicted molar refractivity (Wildman–Crippen MR) is 55.9 cm³/mol. The molecule has 0 saturated carbocycles. The molecule has 0 atom stereocenters. The second-order valence-electron chi connectivity index (χ2n) is 3.86. The number of carbonyl (C=O) groups is 1. The number of carbonyl (C=O) groups excluding carboxylic acids is 1. The molecule has 0 amide bonds. The van der Waals surface area contributed by atoms with E-state index in [0.717, 1.165) is 12.1 Å². The van der Waals surface area contributed by atoms with Crippen molar-refractivity contribution in [2.24, 2.45) is 0 Å². The van der Waals surface area contributed by atoms with E-state index in [0.29, 0.717) is 6.07 Å². The number of esters is 1. The van der Waals surface area contributed by atoms with Gasteiger partial charge in [-0.3, -0.25) is 0 Å². The molecule has 1 saturated heterocycles.